The molecule has 3 rings (SSSR count). The van der Waals surface area contributed by atoms with Gasteiger partial charge in [0.05, 0.1) is 4.92 Å². The molecule has 1 amide bonds. The van der Waals surface area contributed by atoms with Crippen molar-refractivity contribution >= 4 is 17.4 Å². The molecular weight excluding hydrogens is 302 g/mol. The van der Waals surface area contributed by atoms with Gasteiger partial charge in [0.15, 0.2) is 5.82 Å². The summed E-state index contributed by atoms with van der Waals surface area (Å²) in [5.41, 5.74) is 0.188. The Labute approximate surface area is 129 Å². The lowest BCUT2D eigenvalue weighted by Gasteiger charge is -2.05. The van der Waals surface area contributed by atoms with E-state index in [0.29, 0.717) is 5.82 Å². The Bertz CT molecular complexity index is 846. The Morgan fingerprint density at radius 2 is 1.96 bits per heavy atom. The van der Waals surface area contributed by atoms with E-state index < -0.39 is 10.8 Å². The molecule has 2 aromatic heterocycles. The minimum absolute atomic E-state index is 0.0861. The van der Waals surface area contributed by atoms with Gasteiger partial charge in [0.1, 0.15) is 24.8 Å². The van der Waals surface area contributed by atoms with E-state index in [-0.39, 0.29) is 17.1 Å². The van der Waals surface area contributed by atoms with E-state index in [1.165, 1.54) is 54.0 Å². The van der Waals surface area contributed by atoms with Crippen LogP contribution in [0.15, 0.2) is 49.3 Å². The highest BCUT2D eigenvalue weighted by molar-refractivity contribution is 6.03. The molecule has 3 aromatic rings. The minimum Gasteiger partial charge on any atom is -0.306 e. The largest absolute Gasteiger partial charge is 0.306 e. The first-order chi connectivity index (χ1) is 11.1. The maximum Gasteiger partial charge on any atom is 0.269 e. The highest BCUT2D eigenvalue weighted by atomic mass is 16.6. The molecular formula is C13H9N7O3. The first-order valence-corrected chi connectivity index (χ1v) is 6.36. The smallest absolute Gasteiger partial charge is 0.269 e. The van der Waals surface area contributed by atoms with Crippen molar-refractivity contribution in [3.05, 3.63) is 65.0 Å². The Hall–Kier alpha value is -3.69. The van der Waals surface area contributed by atoms with Gasteiger partial charge < -0.3 is 5.32 Å². The van der Waals surface area contributed by atoms with Gasteiger partial charge in [0.25, 0.3) is 11.6 Å². The molecule has 0 atom stereocenters. The van der Waals surface area contributed by atoms with Gasteiger partial charge in [0.2, 0.25) is 0 Å². The number of aromatic nitrogens is 5. The van der Waals surface area contributed by atoms with E-state index in [4.69, 9.17) is 0 Å². The van der Waals surface area contributed by atoms with Gasteiger partial charge >= 0.3 is 0 Å². The van der Waals surface area contributed by atoms with Crippen LogP contribution < -0.4 is 5.32 Å². The molecule has 10 nitrogen and oxygen atoms in total. The number of nitrogens with zero attached hydrogens (tertiary/aromatic N) is 6. The molecule has 23 heavy (non-hydrogen) atoms. The summed E-state index contributed by atoms with van der Waals surface area (Å²) < 4.78 is 1.42. The number of nitro groups is 1. The Morgan fingerprint density at radius 1 is 1.17 bits per heavy atom. The van der Waals surface area contributed by atoms with E-state index in [1.807, 2.05) is 0 Å². The van der Waals surface area contributed by atoms with Crippen LogP contribution in [0.4, 0.5) is 11.5 Å². The second kappa shape index (κ2) is 5.97. The summed E-state index contributed by atoms with van der Waals surface area (Å²) in [6.45, 7) is 0. The van der Waals surface area contributed by atoms with E-state index in [9.17, 15) is 14.9 Å². The van der Waals surface area contributed by atoms with Crippen molar-refractivity contribution in [3.63, 3.8) is 0 Å². The molecule has 1 aromatic carbocycles. The van der Waals surface area contributed by atoms with Crippen LogP contribution in [0, 0.1) is 10.1 Å². The molecule has 0 aliphatic rings. The Balaban J connectivity index is 1.77. The third-order valence-electron chi connectivity index (χ3n) is 2.89. The number of hydrogen-bond acceptors (Lipinski definition) is 7. The lowest BCUT2D eigenvalue weighted by atomic mass is 10.2. The monoisotopic (exact) mass is 311 g/mol. The van der Waals surface area contributed by atoms with Gasteiger partial charge in [-0.2, -0.15) is 5.10 Å². The van der Waals surface area contributed by atoms with Crippen molar-refractivity contribution in [1.29, 1.82) is 0 Å². The standard InChI is InChI=1S/C13H9N7O3/c21-13(9-1-3-10(4-2-9)20(22)23)18-11-5-12(16-7-15-11)19-8-14-6-17-19/h1-8H,(H,15,16,18,21). The molecule has 0 aliphatic carbocycles. The van der Waals surface area contributed by atoms with Crippen molar-refractivity contribution in [2.75, 3.05) is 5.32 Å². The van der Waals surface area contributed by atoms with E-state index in [0.717, 1.165) is 0 Å². The highest BCUT2D eigenvalue weighted by Gasteiger charge is 2.11. The molecule has 0 spiro atoms. The average molecular weight is 311 g/mol. The fourth-order valence-corrected chi connectivity index (χ4v) is 1.79. The first-order valence-electron chi connectivity index (χ1n) is 6.36. The molecule has 0 bridgehead atoms. The number of carbonyl (C=O) groups is 1. The zero-order valence-corrected chi connectivity index (χ0v) is 11.5. The fraction of sp³-hybridized carbons (Fsp3) is 0. The number of benzene rings is 1. The molecule has 10 heteroatoms. The van der Waals surface area contributed by atoms with Gasteiger partial charge in [-0.3, -0.25) is 14.9 Å². The summed E-state index contributed by atoms with van der Waals surface area (Å²) in [5.74, 6) is 0.272. The average Bonchev–Trinajstić information content (AvgIpc) is 3.10. The molecule has 0 radical (unpaired) electrons. The quantitative estimate of drug-likeness (QED) is 0.566. The van der Waals surface area contributed by atoms with Crippen molar-refractivity contribution in [1.82, 2.24) is 24.7 Å². The second-order valence-corrected chi connectivity index (χ2v) is 4.36. The Kier molecular flexibility index (Phi) is 3.70. The van der Waals surface area contributed by atoms with Crippen LogP contribution in [0.5, 0.6) is 0 Å². The summed E-state index contributed by atoms with van der Waals surface area (Å²) in [7, 11) is 0. The molecule has 1 N–H and O–H groups in total. The molecule has 0 fully saturated rings. The van der Waals surface area contributed by atoms with Gasteiger partial charge in [-0.15, -0.1) is 0 Å². The second-order valence-electron chi connectivity index (χ2n) is 4.36. The highest BCUT2D eigenvalue weighted by Crippen LogP contribution is 2.14. The lowest BCUT2D eigenvalue weighted by molar-refractivity contribution is -0.384. The van der Waals surface area contributed by atoms with Gasteiger partial charge in [-0.05, 0) is 12.1 Å². The van der Waals surface area contributed by atoms with Crippen LogP contribution >= 0.6 is 0 Å². The number of nitro benzene ring substituents is 1. The summed E-state index contributed by atoms with van der Waals surface area (Å²) in [6, 6.07) is 6.78. The van der Waals surface area contributed by atoms with E-state index >= 15 is 0 Å². The number of amides is 1. The van der Waals surface area contributed by atoms with Gasteiger partial charge in [-0.25, -0.2) is 19.6 Å². The molecule has 114 valence electrons. The summed E-state index contributed by atoms with van der Waals surface area (Å²) >= 11 is 0. The molecule has 0 saturated carbocycles. The zero-order chi connectivity index (χ0) is 16.2. The number of hydrogen-bond donors (Lipinski definition) is 1. The summed E-state index contributed by atoms with van der Waals surface area (Å²) in [5, 5.41) is 17.1. The predicted octanol–water partition coefficient (Wildman–Crippen LogP) is 1.22. The molecule has 2 heterocycles. The van der Waals surface area contributed by atoms with Crippen LogP contribution in [0.2, 0.25) is 0 Å². The van der Waals surface area contributed by atoms with Crippen molar-refractivity contribution in [3.8, 4) is 5.82 Å². The molecule has 0 unspecified atom stereocenters. The number of carbonyl (C=O) groups excluding carboxylic acids is 1. The first kappa shape index (κ1) is 14.3. The van der Waals surface area contributed by atoms with E-state index in [2.05, 4.69) is 25.4 Å². The van der Waals surface area contributed by atoms with E-state index in [1.54, 1.807) is 0 Å². The maximum atomic E-state index is 12.1. The van der Waals surface area contributed by atoms with Crippen LogP contribution in [0.25, 0.3) is 5.82 Å². The molecule has 0 saturated heterocycles. The van der Waals surface area contributed by atoms with Crippen molar-refractivity contribution < 1.29 is 9.72 Å². The van der Waals surface area contributed by atoms with Crippen LogP contribution in [-0.4, -0.2) is 35.6 Å². The normalized spacial score (nSPS) is 10.3. The predicted molar refractivity (Wildman–Crippen MR) is 78.0 cm³/mol. The Morgan fingerprint density at radius 3 is 2.61 bits per heavy atom. The summed E-state index contributed by atoms with van der Waals surface area (Å²) in [6.07, 6.45) is 4.10. The number of non-ortho nitro benzene ring substituents is 1. The van der Waals surface area contributed by atoms with Crippen molar-refractivity contribution in [2.24, 2.45) is 0 Å². The number of anilines is 1. The fourth-order valence-electron chi connectivity index (χ4n) is 1.79. The number of rotatable bonds is 4. The topological polar surface area (TPSA) is 129 Å². The minimum atomic E-state index is -0.531. The lowest BCUT2D eigenvalue weighted by Crippen LogP contribution is -2.13. The van der Waals surface area contributed by atoms with Crippen LogP contribution in [-0.2, 0) is 0 Å². The SMILES string of the molecule is O=C(Nc1cc(-n2cncn2)ncn1)c1ccc([N+](=O)[O-])cc1. The summed E-state index contributed by atoms with van der Waals surface area (Å²) in [4.78, 5) is 34.0. The van der Waals surface area contributed by atoms with Crippen molar-refractivity contribution in [2.45, 2.75) is 0 Å². The van der Waals surface area contributed by atoms with Gasteiger partial charge in [-0.1, -0.05) is 0 Å². The molecule has 0 aliphatic heterocycles. The third kappa shape index (κ3) is 3.15. The number of nitrogens with one attached hydrogen (secondary N) is 1. The zero-order valence-electron chi connectivity index (χ0n) is 11.5. The maximum absolute atomic E-state index is 12.1. The van der Waals surface area contributed by atoms with Gasteiger partial charge in [0, 0.05) is 23.8 Å². The van der Waals surface area contributed by atoms with Crippen LogP contribution in [0.1, 0.15) is 10.4 Å². The third-order valence-corrected chi connectivity index (χ3v) is 2.89. The van der Waals surface area contributed by atoms with Crippen LogP contribution in [0.3, 0.4) is 0 Å².